The Morgan fingerprint density at radius 3 is 0.605 bits per heavy atom. The maximum Gasteiger partial charge on any atom is 2.00 e. The molecule has 0 radical (unpaired) electrons. The van der Waals surface area contributed by atoms with Gasteiger partial charge < -0.3 is 19.8 Å². The molecule has 0 aliphatic heterocycles. The summed E-state index contributed by atoms with van der Waals surface area (Å²) in [5, 5.41) is 20.4. The second-order valence-electron chi connectivity index (χ2n) is 12.1. The van der Waals surface area contributed by atoms with Crippen LogP contribution in [0.5, 0.6) is 0 Å². The average molecular weight is 671 g/mol. The number of carbonyl (C=O) groups excluding carboxylic acids is 2. The van der Waals surface area contributed by atoms with Crippen molar-refractivity contribution in [3.05, 3.63) is 0 Å². The molecule has 0 atom stereocenters. The maximum atomic E-state index is 10.2. The van der Waals surface area contributed by atoms with E-state index in [1.165, 1.54) is 167 Å². The molecule has 0 fully saturated rings. The van der Waals surface area contributed by atoms with Crippen molar-refractivity contribution in [1.29, 1.82) is 0 Å². The number of carboxylic acids is 2. The third kappa shape index (κ3) is 60.1. The van der Waals surface area contributed by atoms with Crippen LogP contribution < -0.4 is 10.2 Å². The van der Waals surface area contributed by atoms with Gasteiger partial charge in [0.05, 0.1) is 0 Å². The summed E-state index contributed by atoms with van der Waals surface area (Å²) in [5.74, 6) is -1.81. The van der Waals surface area contributed by atoms with E-state index in [0.717, 1.165) is 25.7 Å². The van der Waals surface area contributed by atoms with Crippen LogP contribution in [0.2, 0.25) is 0 Å². The molecule has 0 aliphatic rings. The summed E-state index contributed by atoms with van der Waals surface area (Å²) >= 11 is 0. The molecule has 0 aromatic heterocycles. The molecule has 0 N–H and O–H groups in total. The van der Waals surface area contributed by atoms with E-state index in [0.29, 0.717) is 0 Å². The fourth-order valence-electron chi connectivity index (χ4n) is 5.28. The molecule has 4 nitrogen and oxygen atoms in total. The summed E-state index contributed by atoms with van der Waals surface area (Å²) in [6, 6.07) is 0. The molecule has 0 heterocycles. The van der Waals surface area contributed by atoms with E-state index in [9.17, 15) is 19.8 Å². The molecule has 0 spiro atoms. The van der Waals surface area contributed by atoms with E-state index >= 15 is 0 Å². The molecule has 240 valence electrons. The van der Waals surface area contributed by atoms with Crippen molar-refractivity contribution in [2.45, 2.75) is 219 Å². The topological polar surface area (TPSA) is 80.3 Å². The van der Waals surface area contributed by atoms with Gasteiger partial charge in [-0.1, -0.05) is 194 Å². The van der Waals surface area contributed by atoms with Gasteiger partial charge in [-0.3, -0.25) is 0 Å². The van der Waals surface area contributed by atoms with E-state index in [1.807, 2.05) is 0 Å². The normalized spacial score (nSPS) is 10.1. The van der Waals surface area contributed by atoms with Crippen LogP contribution in [0.1, 0.15) is 219 Å². The van der Waals surface area contributed by atoms with Crippen molar-refractivity contribution in [3.63, 3.8) is 0 Å². The number of hydrogen-bond acceptors (Lipinski definition) is 4. The Hall–Kier alpha value is 2.23. The molecule has 43 heavy (non-hydrogen) atoms. The molecular weight excluding hydrogens is 601 g/mol. The van der Waals surface area contributed by atoms with Gasteiger partial charge in [-0.05, 0) is 25.7 Å². The van der Waals surface area contributed by atoms with Crippen molar-refractivity contribution in [3.8, 4) is 0 Å². The molecule has 0 saturated carbocycles. The first kappa shape index (κ1) is 54.7. The van der Waals surface area contributed by atoms with Crippen LogP contribution in [0, 0.1) is 0 Å². The Morgan fingerprint density at radius 1 is 0.326 bits per heavy atom. The fourth-order valence-corrected chi connectivity index (χ4v) is 5.28. The quantitative estimate of drug-likeness (QED) is 0.0529. The van der Waals surface area contributed by atoms with Gasteiger partial charge in [0, 0.05) is 11.9 Å². The number of hydrogen-bond donors (Lipinski definition) is 0. The minimum Gasteiger partial charge on any atom is -0.550 e. The van der Waals surface area contributed by atoms with Gasteiger partial charge >= 0.3 is 98.5 Å². The molecule has 0 unspecified atom stereocenters. The van der Waals surface area contributed by atoms with Gasteiger partial charge in [-0.25, -0.2) is 0 Å². The molecule has 0 bridgehead atoms. The van der Waals surface area contributed by atoms with Crippen molar-refractivity contribution < 1.29 is 19.8 Å². The number of carboxylic acid groups (broad SMARTS) is 2. The van der Waals surface area contributed by atoms with E-state index in [-0.39, 0.29) is 111 Å². The number of rotatable bonds is 32. The standard InChI is InChI=1S/2C18H36O2.2Ca.Mg/c2*1-2-3-4-5-6-7-8-9-10-11-12-13-14-15-16-17-18(19)20;;;/h2*2-17H2,1H3,(H,19,20);;;/q;;3*+2/p-2. The van der Waals surface area contributed by atoms with Gasteiger partial charge in [-0.2, -0.15) is 0 Å². The summed E-state index contributed by atoms with van der Waals surface area (Å²) in [4.78, 5) is 20.4. The van der Waals surface area contributed by atoms with Crippen molar-refractivity contribution in [1.82, 2.24) is 0 Å². The smallest absolute Gasteiger partial charge is 0.550 e. The number of aliphatic carboxylic acids is 2. The molecule has 0 aromatic carbocycles. The Morgan fingerprint density at radius 2 is 0.465 bits per heavy atom. The van der Waals surface area contributed by atoms with Gasteiger partial charge in [-0.15, -0.1) is 0 Å². The Bertz CT molecular complexity index is 466. The Balaban J connectivity index is -0.000000209. The second kappa shape index (κ2) is 51.1. The zero-order chi connectivity index (χ0) is 29.8. The zero-order valence-electron chi connectivity index (χ0n) is 29.4. The van der Waals surface area contributed by atoms with Crippen LogP contribution in [-0.2, 0) is 9.59 Å². The SMILES string of the molecule is CCCCCCCCCCCCCCCCCC(=O)[O-].CCCCCCCCCCCCCCCCCC(=O)[O-].[Ca+2].[Ca+2].[Mg+2]. The minimum atomic E-state index is -0.903. The van der Waals surface area contributed by atoms with E-state index < -0.39 is 11.9 Å². The second-order valence-corrected chi connectivity index (χ2v) is 12.1. The Kier molecular flexibility index (Phi) is 64.9. The maximum absolute atomic E-state index is 10.2. The van der Waals surface area contributed by atoms with Crippen LogP contribution in [0.15, 0.2) is 0 Å². The Labute approximate surface area is 345 Å². The molecule has 0 aromatic rings. The molecule has 0 rings (SSSR count). The third-order valence-corrected chi connectivity index (χ3v) is 7.97. The van der Waals surface area contributed by atoms with Crippen LogP contribution in [0.4, 0.5) is 0 Å². The van der Waals surface area contributed by atoms with E-state index in [1.54, 1.807) is 0 Å². The summed E-state index contributed by atoms with van der Waals surface area (Å²) in [6.07, 6.45) is 39.7. The van der Waals surface area contributed by atoms with Crippen LogP contribution in [0.25, 0.3) is 0 Å². The number of unbranched alkanes of at least 4 members (excludes halogenated alkanes) is 28. The predicted molar refractivity (Wildman–Crippen MR) is 186 cm³/mol. The molecule has 0 aliphatic carbocycles. The summed E-state index contributed by atoms with van der Waals surface area (Å²) in [5.41, 5.74) is 0. The first-order valence-electron chi connectivity index (χ1n) is 17.9. The van der Waals surface area contributed by atoms with E-state index in [2.05, 4.69) is 13.8 Å². The van der Waals surface area contributed by atoms with E-state index in [4.69, 9.17) is 0 Å². The van der Waals surface area contributed by atoms with Crippen molar-refractivity contribution >= 4 is 110 Å². The van der Waals surface area contributed by atoms with Gasteiger partial charge in [0.1, 0.15) is 0 Å². The van der Waals surface area contributed by atoms with Crippen LogP contribution in [-0.4, -0.2) is 110 Å². The summed E-state index contributed by atoms with van der Waals surface area (Å²) < 4.78 is 0. The zero-order valence-corrected chi connectivity index (χ0v) is 35.2. The summed E-state index contributed by atoms with van der Waals surface area (Å²) in [7, 11) is 0. The first-order chi connectivity index (χ1) is 19.5. The number of carbonyl (C=O) groups is 2. The molecule has 0 amide bonds. The first-order valence-corrected chi connectivity index (χ1v) is 17.9. The molecular formula is C36H70Ca2MgO4+4. The van der Waals surface area contributed by atoms with Crippen LogP contribution in [0.3, 0.4) is 0 Å². The van der Waals surface area contributed by atoms with Gasteiger partial charge in [0.2, 0.25) is 0 Å². The third-order valence-electron chi connectivity index (χ3n) is 7.97. The average Bonchev–Trinajstić information content (AvgIpc) is 2.93. The molecule has 7 heteroatoms. The van der Waals surface area contributed by atoms with Crippen molar-refractivity contribution in [2.24, 2.45) is 0 Å². The van der Waals surface area contributed by atoms with Crippen molar-refractivity contribution in [2.75, 3.05) is 0 Å². The predicted octanol–water partition coefficient (Wildman–Crippen LogP) is 8.85. The van der Waals surface area contributed by atoms with Crippen LogP contribution >= 0.6 is 0 Å². The fraction of sp³-hybridized carbons (Fsp3) is 0.944. The van der Waals surface area contributed by atoms with Gasteiger partial charge in [0.25, 0.3) is 0 Å². The summed E-state index contributed by atoms with van der Waals surface area (Å²) in [6.45, 7) is 4.53. The largest absolute Gasteiger partial charge is 2.00 e. The monoisotopic (exact) mass is 670 g/mol. The minimum absolute atomic E-state index is 0. The van der Waals surface area contributed by atoms with Gasteiger partial charge in [0.15, 0.2) is 0 Å². The molecule has 0 saturated heterocycles.